The highest BCUT2D eigenvalue weighted by molar-refractivity contribution is 4.56. The van der Waals surface area contributed by atoms with Crippen molar-refractivity contribution in [3.05, 3.63) is 0 Å². The monoisotopic (exact) mass is 204 g/mol. The zero-order valence-electron chi connectivity index (χ0n) is 10.6. The summed E-state index contributed by atoms with van der Waals surface area (Å²) in [4.78, 5) is 0. The Balaban J connectivity index is 0. The van der Waals surface area contributed by atoms with Gasteiger partial charge in [-0.1, -0.05) is 47.5 Å². The van der Waals surface area contributed by atoms with Crippen LogP contribution in [0.4, 0.5) is 0 Å². The van der Waals surface area contributed by atoms with E-state index in [4.69, 9.17) is 9.47 Å². The van der Waals surface area contributed by atoms with E-state index in [1.165, 1.54) is 12.8 Å². The number of hydrogen-bond donors (Lipinski definition) is 0. The third-order valence-electron chi connectivity index (χ3n) is 1.84. The Morgan fingerprint density at radius 2 is 1.57 bits per heavy atom. The molecule has 2 nitrogen and oxygen atoms in total. The highest BCUT2D eigenvalue weighted by Crippen LogP contribution is 2.02. The summed E-state index contributed by atoms with van der Waals surface area (Å²) in [5.74, 6) is 0. The van der Waals surface area contributed by atoms with E-state index in [1.54, 1.807) is 0 Å². The number of ether oxygens (including phenoxy) is 2. The number of rotatable bonds is 2. The smallest absolute Gasteiger partial charge is 0.0807 e. The fourth-order valence-electron chi connectivity index (χ4n) is 0.772. The van der Waals surface area contributed by atoms with Crippen molar-refractivity contribution in [2.75, 3.05) is 19.8 Å². The largest absolute Gasteiger partial charge is 0.376 e. The first-order valence-corrected chi connectivity index (χ1v) is 6.04. The fraction of sp³-hybridized carbons (Fsp3) is 1.00. The molecule has 2 heteroatoms. The molecule has 0 aromatic carbocycles. The summed E-state index contributed by atoms with van der Waals surface area (Å²) in [6.45, 7) is 12.8. The van der Waals surface area contributed by atoms with Crippen LogP contribution in [-0.2, 0) is 9.47 Å². The maximum atomic E-state index is 5.30. The second-order valence-electron chi connectivity index (χ2n) is 2.98. The summed E-state index contributed by atoms with van der Waals surface area (Å²) in [6, 6.07) is 0. The number of hydrogen-bond acceptors (Lipinski definition) is 2. The summed E-state index contributed by atoms with van der Waals surface area (Å²) in [5.41, 5.74) is 0. The summed E-state index contributed by atoms with van der Waals surface area (Å²) in [5, 5.41) is 0. The third-order valence-corrected chi connectivity index (χ3v) is 1.84. The topological polar surface area (TPSA) is 18.5 Å². The lowest BCUT2D eigenvalue weighted by molar-refractivity contribution is -0.0887. The van der Waals surface area contributed by atoms with Crippen molar-refractivity contribution in [2.45, 2.75) is 60.0 Å². The molecule has 0 aromatic rings. The standard InChI is InChI=1S/C6H12O2.C4H10.C2H6/c1-2-6-5-7-3-4-8-6;1-3-4-2;1-2/h6H,2-5H2,1H3;3-4H2,1-2H3;1-2H3/t6-;;/m0../s1. The van der Waals surface area contributed by atoms with E-state index in [9.17, 15) is 0 Å². The average molecular weight is 204 g/mol. The molecule has 1 saturated heterocycles. The Kier molecular flexibility index (Phi) is 18.0. The van der Waals surface area contributed by atoms with Gasteiger partial charge in [-0.2, -0.15) is 0 Å². The highest BCUT2D eigenvalue weighted by Gasteiger charge is 2.10. The van der Waals surface area contributed by atoms with Crippen LogP contribution in [0.15, 0.2) is 0 Å². The van der Waals surface area contributed by atoms with E-state index in [-0.39, 0.29) is 0 Å². The van der Waals surface area contributed by atoms with Crippen molar-refractivity contribution in [2.24, 2.45) is 0 Å². The van der Waals surface area contributed by atoms with Gasteiger partial charge in [0.05, 0.1) is 25.9 Å². The lowest BCUT2D eigenvalue weighted by Crippen LogP contribution is -2.27. The van der Waals surface area contributed by atoms with Gasteiger partial charge in [0.1, 0.15) is 0 Å². The molecule has 1 fully saturated rings. The molecule has 1 aliphatic heterocycles. The molecule has 0 amide bonds. The van der Waals surface area contributed by atoms with Gasteiger partial charge in [-0.3, -0.25) is 0 Å². The van der Waals surface area contributed by atoms with Crippen molar-refractivity contribution < 1.29 is 9.47 Å². The van der Waals surface area contributed by atoms with Crippen LogP contribution in [0.5, 0.6) is 0 Å². The van der Waals surface area contributed by atoms with Crippen LogP contribution in [0, 0.1) is 0 Å². The van der Waals surface area contributed by atoms with E-state index in [1.807, 2.05) is 13.8 Å². The molecule has 0 unspecified atom stereocenters. The molecular formula is C12H28O2. The average Bonchev–Trinajstić information content (AvgIpc) is 2.33. The zero-order valence-corrected chi connectivity index (χ0v) is 10.6. The molecule has 0 aliphatic carbocycles. The van der Waals surface area contributed by atoms with Crippen LogP contribution in [0.1, 0.15) is 53.9 Å². The first-order chi connectivity index (χ1) is 6.85. The number of unbranched alkanes of at least 4 members (excludes halogenated alkanes) is 1. The van der Waals surface area contributed by atoms with Crippen LogP contribution in [-0.4, -0.2) is 25.9 Å². The van der Waals surface area contributed by atoms with E-state index in [0.29, 0.717) is 6.10 Å². The van der Waals surface area contributed by atoms with Crippen molar-refractivity contribution in [3.63, 3.8) is 0 Å². The second-order valence-corrected chi connectivity index (χ2v) is 2.98. The van der Waals surface area contributed by atoms with Crippen LogP contribution >= 0.6 is 0 Å². The summed E-state index contributed by atoms with van der Waals surface area (Å²) < 4.78 is 10.5. The fourth-order valence-corrected chi connectivity index (χ4v) is 0.772. The normalized spacial score (nSPS) is 19.9. The molecule has 1 rings (SSSR count). The molecule has 0 radical (unpaired) electrons. The first kappa shape index (κ1) is 16.4. The van der Waals surface area contributed by atoms with Gasteiger partial charge in [0.15, 0.2) is 0 Å². The van der Waals surface area contributed by atoms with Crippen LogP contribution in [0.2, 0.25) is 0 Å². The van der Waals surface area contributed by atoms with Crippen LogP contribution < -0.4 is 0 Å². The molecule has 0 aromatic heterocycles. The molecule has 1 heterocycles. The molecule has 1 atom stereocenters. The van der Waals surface area contributed by atoms with Crippen molar-refractivity contribution in [3.8, 4) is 0 Å². The van der Waals surface area contributed by atoms with E-state index in [0.717, 1.165) is 26.2 Å². The minimum absolute atomic E-state index is 0.365. The molecule has 1 aliphatic rings. The molecule has 0 spiro atoms. The summed E-state index contributed by atoms with van der Waals surface area (Å²) in [7, 11) is 0. The van der Waals surface area contributed by atoms with E-state index >= 15 is 0 Å². The Labute approximate surface area is 90.0 Å². The SMILES string of the molecule is CC.CCCC.CC[C@H]1COCCO1. The molecule has 0 N–H and O–H groups in total. The van der Waals surface area contributed by atoms with Gasteiger partial charge in [-0.15, -0.1) is 0 Å². The lowest BCUT2D eigenvalue weighted by atomic mass is 10.3. The quantitative estimate of drug-likeness (QED) is 0.683. The summed E-state index contributed by atoms with van der Waals surface area (Å²) >= 11 is 0. The Morgan fingerprint density at radius 1 is 1.00 bits per heavy atom. The maximum absolute atomic E-state index is 5.30. The van der Waals surface area contributed by atoms with Crippen LogP contribution in [0.25, 0.3) is 0 Å². The van der Waals surface area contributed by atoms with Gasteiger partial charge < -0.3 is 9.47 Å². The molecule has 88 valence electrons. The molecule has 0 bridgehead atoms. The van der Waals surface area contributed by atoms with Gasteiger partial charge in [-0.05, 0) is 6.42 Å². The van der Waals surface area contributed by atoms with Gasteiger partial charge in [0.25, 0.3) is 0 Å². The van der Waals surface area contributed by atoms with Gasteiger partial charge in [0, 0.05) is 0 Å². The zero-order chi connectivity index (χ0) is 11.2. The first-order valence-electron chi connectivity index (χ1n) is 6.04. The highest BCUT2D eigenvalue weighted by atomic mass is 16.6. The summed E-state index contributed by atoms with van der Waals surface area (Å²) in [6.07, 6.45) is 4.07. The second kappa shape index (κ2) is 15.4. The van der Waals surface area contributed by atoms with Crippen molar-refractivity contribution in [1.29, 1.82) is 0 Å². The van der Waals surface area contributed by atoms with Gasteiger partial charge in [0.2, 0.25) is 0 Å². The minimum Gasteiger partial charge on any atom is -0.376 e. The van der Waals surface area contributed by atoms with Crippen LogP contribution in [0.3, 0.4) is 0 Å². The molecule has 0 saturated carbocycles. The van der Waals surface area contributed by atoms with Gasteiger partial charge >= 0.3 is 0 Å². The minimum atomic E-state index is 0.365. The maximum Gasteiger partial charge on any atom is 0.0807 e. The van der Waals surface area contributed by atoms with Crippen molar-refractivity contribution >= 4 is 0 Å². The van der Waals surface area contributed by atoms with Gasteiger partial charge in [-0.25, -0.2) is 0 Å². The Morgan fingerprint density at radius 3 is 1.79 bits per heavy atom. The Bertz CT molecular complexity index is 76.4. The molecule has 14 heavy (non-hydrogen) atoms. The third kappa shape index (κ3) is 11.9. The lowest BCUT2D eigenvalue weighted by Gasteiger charge is -2.20. The predicted molar refractivity (Wildman–Crippen MR) is 62.8 cm³/mol. The van der Waals surface area contributed by atoms with Crippen molar-refractivity contribution in [1.82, 2.24) is 0 Å². The van der Waals surface area contributed by atoms with E-state index < -0.39 is 0 Å². The predicted octanol–water partition coefficient (Wildman–Crippen LogP) is 3.64. The Hall–Kier alpha value is -0.0800. The van der Waals surface area contributed by atoms with E-state index in [2.05, 4.69) is 20.8 Å². The molecular weight excluding hydrogens is 176 g/mol.